The summed E-state index contributed by atoms with van der Waals surface area (Å²) in [6.45, 7) is 8.64. The number of nitriles is 1. The summed E-state index contributed by atoms with van der Waals surface area (Å²) in [7, 11) is 0. The second-order valence-electron chi connectivity index (χ2n) is 7.55. The molecule has 6 nitrogen and oxygen atoms in total. The zero-order valence-electron chi connectivity index (χ0n) is 16.3. The number of ether oxygens (including phenoxy) is 2. The van der Waals surface area contributed by atoms with Crippen molar-refractivity contribution in [2.45, 2.75) is 63.7 Å². The fraction of sp³-hybridized carbons (Fsp3) is 0.650. The Labute approximate surface area is 165 Å². The van der Waals surface area contributed by atoms with Crippen LogP contribution in [0.4, 0.5) is 5.82 Å². The first-order chi connectivity index (χ1) is 12.9. The quantitative estimate of drug-likeness (QED) is 0.564. The molecule has 0 saturated carbocycles. The van der Waals surface area contributed by atoms with Gasteiger partial charge in [0.1, 0.15) is 16.9 Å². The highest BCUT2D eigenvalue weighted by Crippen LogP contribution is 2.39. The first-order valence-corrected chi connectivity index (χ1v) is 10.6. The Balaban J connectivity index is 2.01. The zero-order chi connectivity index (χ0) is 19.4. The monoisotopic (exact) mass is 389 g/mol. The maximum absolute atomic E-state index is 11.8. The van der Waals surface area contributed by atoms with E-state index in [4.69, 9.17) is 14.5 Å². The Bertz CT molecular complexity index is 752. The van der Waals surface area contributed by atoms with E-state index < -0.39 is 0 Å². The predicted molar refractivity (Wildman–Crippen MR) is 105 cm³/mol. The third-order valence-corrected chi connectivity index (χ3v) is 5.92. The Morgan fingerprint density at radius 1 is 1.33 bits per heavy atom. The lowest BCUT2D eigenvalue weighted by molar-refractivity contribution is -0.139. The van der Waals surface area contributed by atoms with E-state index in [1.807, 2.05) is 13.8 Å². The number of carbonyl (C=O) groups excluding carboxylic acids is 1. The second-order valence-corrected chi connectivity index (χ2v) is 8.52. The van der Waals surface area contributed by atoms with Crippen molar-refractivity contribution in [3.05, 3.63) is 16.7 Å². The molecule has 0 atom stereocenters. The summed E-state index contributed by atoms with van der Waals surface area (Å²) in [6, 6.07) is 2.34. The van der Waals surface area contributed by atoms with Crippen LogP contribution in [0.1, 0.15) is 56.7 Å². The van der Waals surface area contributed by atoms with Crippen molar-refractivity contribution in [2.75, 3.05) is 30.3 Å². The van der Waals surface area contributed by atoms with Crippen molar-refractivity contribution in [3.63, 3.8) is 0 Å². The molecule has 2 aliphatic heterocycles. The lowest BCUT2D eigenvalue weighted by atomic mass is 9.89. The molecule has 3 heterocycles. The van der Waals surface area contributed by atoms with Crippen LogP contribution < -0.4 is 4.90 Å². The number of anilines is 1. The number of esters is 1. The molecule has 1 aromatic rings. The Kier molecular flexibility index (Phi) is 6.28. The van der Waals surface area contributed by atoms with Crippen molar-refractivity contribution in [3.8, 4) is 6.07 Å². The van der Waals surface area contributed by atoms with Crippen molar-refractivity contribution in [1.29, 1.82) is 5.26 Å². The number of thioether (sulfide) groups is 1. The SMILES string of the molecule is CCOC(=O)CSc1nc(N2CCCCC2)c2c(c1C#N)CC(C)(C)OC2. The lowest BCUT2D eigenvalue weighted by Crippen LogP contribution is -2.36. The molecule has 0 aromatic carbocycles. The molecule has 0 radical (unpaired) electrons. The number of hydrogen-bond donors (Lipinski definition) is 0. The summed E-state index contributed by atoms with van der Waals surface area (Å²) in [4.78, 5) is 19.0. The van der Waals surface area contributed by atoms with E-state index >= 15 is 0 Å². The summed E-state index contributed by atoms with van der Waals surface area (Å²) in [5.41, 5.74) is 2.32. The molecule has 0 bridgehead atoms. The third kappa shape index (κ3) is 4.56. The highest BCUT2D eigenvalue weighted by atomic mass is 32.2. The Morgan fingerprint density at radius 2 is 2.07 bits per heavy atom. The largest absolute Gasteiger partial charge is 0.465 e. The van der Waals surface area contributed by atoms with Gasteiger partial charge in [0.25, 0.3) is 0 Å². The molecule has 1 aromatic heterocycles. The van der Waals surface area contributed by atoms with Crippen LogP contribution in [0.15, 0.2) is 5.03 Å². The number of pyridine rings is 1. The van der Waals surface area contributed by atoms with E-state index in [9.17, 15) is 10.1 Å². The van der Waals surface area contributed by atoms with Crippen molar-refractivity contribution in [2.24, 2.45) is 0 Å². The maximum Gasteiger partial charge on any atom is 0.316 e. The van der Waals surface area contributed by atoms with E-state index in [-0.39, 0.29) is 17.3 Å². The van der Waals surface area contributed by atoms with Crippen LogP contribution in [0.3, 0.4) is 0 Å². The lowest BCUT2D eigenvalue weighted by Gasteiger charge is -2.37. The van der Waals surface area contributed by atoms with Crippen molar-refractivity contribution < 1.29 is 14.3 Å². The van der Waals surface area contributed by atoms with Gasteiger partial charge in [-0.25, -0.2) is 4.98 Å². The summed E-state index contributed by atoms with van der Waals surface area (Å²) in [6.07, 6.45) is 4.20. The maximum atomic E-state index is 11.8. The van der Waals surface area contributed by atoms with Gasteiger partial charge in [0, 0.05) is 25.1 Å². The fourth-order valence-electron chi connectivity index (χ4n) is 3.64. The number of nitrogens with zero attached hydrogens (tertiary/aromatic N) is 3. The molecule has 0 N–H and O–H groups in total. The Hall–Kier alpha value is -1.78. The molecule has 7 heteroatoms. The van der Waals surface area contributed by atoms with Gasteiger partial charge in [-0.1, -0.05) is 11.8 Å². The van der Waals surface area contributed by atoms with Crippen molar-refractivity contribution in [1.82, 2.24) is 4.98 Å². The molecule has 1 fully saturated rings. The molecule has 27 heavy (non-hydrogen) atoms. The van der Waals surface area contributed by atoms with Gasteiger partial charge in [-0.3, -0.25) is 4.79 Å². The molecule has 146 valence electrons. The van der Waals surface area contributed by atoms with Gasteiger partial charge in [0.05, 0.1) is 30.1 Å². The van der Waals surface area contributed by atoms with Gasteiger partial charge in [-0.15, -0.1) is 0 Å². The summed E-state index contributed by atoms with van der Waals surface area (Å²) >= 11 is 1.30. The molecular formula is C20H27N3O3S. The van der Waals surface area contributed by atoms with Crippen LogP contribution in [-0.4, -0.2) is 42.0 Å². The standard InChI is InChI=1S/C20H27N3O3S/c1-4-25-17(24)13-27-19-15(11-21)14-10-20(2,3)26-12-16(14)18(22-19)23-8-6-5-7-9-23/h4-10,12-13H2,1-3H3. The minimum absolute atomic E-state index is 0.160. The molecule has 0 amide bonds. The molecule has 3 rings (SSSR count). The number of hydrogen-bond acceptors (Lipinski definition) is 7. The summed E-state index contributed by atoms with van der Waals surface area (Å²) < 4.78 is 11.1. The van der Waals surface area contributed by atoms with Crippen LogP contribution in [0.2, 0.25) is 0 Å². The molecule has 2 aliphatic rings. The van der Waals surface area contributed by atoms with E-state index in [1.165, 1.54) is 18.2 Å². The molecular weight excluding hydrogens is 362 g/mol. The predicted octanol–water partition coefficient (Wildman–Crippen LogP) is 3.45. The number of aromatic nitrogens is 1. The molecule has 0 aliphatic carbocycles. The number of carbonyl (C=O) groups is 1. The topological polar surface area (TPSA) is 75.5 Å². The van der Waals surface area contributed by atoms with E-state index in [0.717, 1.165) is 42.9 Å². The molecule has 1 saturated heterocycles. The summed E-state index contributed by atoms with van der Waals surface area (Å²) in [5.74, 6) is 0.799. The van der Waals surface area contributed by atoms with Gasteiger partial charge >= 0.3 is 5.97 Å². The van der Waals surface area contributed by atoms with Crippen LogP contribution >= 0.6 is 11.8 Å². The zero-order valence-corrected chi connectivity index (χ0v) is 17.2. The van der Waals surface area contributed by atoms with Gasteiger partial charge in [-0.05, 0) is 45.6 Å². The van der Waals surface area contributed by atoms with E-state index in [1.54, 1.807) is 6.92 Å². The van der Waals surface area contributed by atoms with Crippen LogP contribution in [0, 0.1) is 11.3 Å². The molecule has 0 spiro atoms. The average molecular weight is 390 g/mol. The number of fused-ring (bicyclic) bond motifs is 1. The summed E-state index contributed by atoms with van der Waals surface area (Å²) in [5, 5.41) is 10.5. The van der Waals surface area contributed by atoms with Gasteiger partial charge in [0.15, 0.2) is 0 Å². The van der Waals surface area contributed by atoms with Crippen LogP contribution in [-0.2, 0) is 27.3 Å². The first-order valence-electron chi connectivity index (χ1n) is 9.58. The second kappa shape index (κ2) is 8.49. The van der Waals surface area contributed by atoms with Gasteiger partial charge in [-0.2, -0.15) is 5.26 Å². The van der Waals surface area contributed by atoms with Gasteiger partial charge in [0.2, 0.25) is 0 Å². The molecule has 0 unspecified atom stereocenters. The van der Waals surface area contributed by atoms with Crippen LogP contribution in [0.5, 0.6) is 0 Å². The average Bonchev–Trinajstić information content (AvgIpc) is 2.65. The van der Waals surface area contributed by atoms with Gasteiger partial charge < -0.3 is 14.4 Å². The first kappa shape index (κ1) is 20.0. The normalized spacial score (nSPS) is 18.5. The minimum atomic E-state index is -0.317. The Morgan fingerprint density at radius 3 is 2.74 bits per heavy atom. The van der Waals surface area contributed by atoms with Crippen molar-refractivity contribution >= 4 is 23.5 Å². The minimum Gasteiger partial charge on any atom is -0.465 e. The third-order valence-electron chi connectivity index (χ3n) is 4.97. The highest BCUT2D eigenvalue weighted by Gasteiger charge is 2.33. The van der Waals surface area contributed by atoms with Crippen LogP contribution in [0.25, 0.3) is 0 Å². The highest BCUT2D eigenvalue weighted by molar-refractivity contribution is 7.99. The van der Waals surface area contributed by atoms with E-state index in [0.29, 0.717) is 30.2 Å². The van der Waals surface area contributed by atoms with E-state index in [2.05, 4.69) is 11.0 Å². The smallest absolute Gasteiger partial charge is 0.316 e. The number of piperidine rings is 1. The fourth-order valence-corrected chi connectivity index (χ4v) is 4.44. The number of rotatable bonds is 5.